The number of amides is 1. The molecule has 0 spiro atoms. The van der Waals surface area contributed by atoms with Gasteiger partial charge in [-0.3, -0.25) is 9.59 Å². The molecule has 0 saturated carbocycles. The third kappa shape index (κ3) is 1.32. The average Bonchev–Trinajstić information content (AvgIpc) is 2.32. The molecule has 1 fully saturated rings. The molecule has 2 unspecified atom stereocenters. The van der Waals surface area contributed by atoms with E-state index in [1.807, 2.05) is 0 Å². The van der Waals surface area contributed by atoms with Crippen molar-refractivity contribution in [3.8, 4) is 0 Å². The topological polar surface area (TPSA) is 81.4 Å². The second-order valence-corrected chi connectivity index (χ2v) is 2.40. The smallest absolute Gasteiger partial charge is 0.312 e. The van der Waals surface area contributed by atoms with Crippen LogP contribution in [0, 0.1) is 5.92 Å². The molecule has 0 bridgehead atoms. The summed E-state index contributed by atoms with van der Waals surface area (Å²) in [5, 5.41) is 2.47. The van der Waals surface area contributed by atoms with Crippen molar-refractivity contribution in [2.24, 2.45) is 11.7 Å². The Hall–Kier alpha value is -1.10. The lowest BCUT2D eigenvalue weighted by Crippen LogP contribution is -2.37. The highest BCUT2D eigenvalue weighted by molar-refractivity contribution is 5.91. The molecular formula is C6H10N2O3. The molecule has 0 aliphatic carbocycles. The van der Waals surface area contributed by atoms with E-state index in [9.17, 15) is 9.59 Å². The number of esters is 1. The molecule has 5 heteroatoms. The lowest BCUT2D eigenvalue weighted by atomic mass is 10.1. The van der Waals surface area contributed by atoms with E-state index in [0.29, 0.717) is 0 Å². The quantitative estimate of drug-likeness (QED) is 0.442. The van der Waals surface area contributed by atoms with Gasteiger partial charge in [0.15, 0.2) is 0 Å². The normalized spacial score (nSPS) is 29.8. The average molecular weight is 158 g/mol. The highest BCUT2D eigenvalue weighted by Crippen LogP contribution is 2.08. The lowest BCUT2D eigenvalue weighted by molar-refractivity contribution is -0.145. The summed E-state index contributed by atoms with van der Waals surface area (Å²) in [7, 11) is 1.28. The number of carbonyl (C=O) groups is 2. The highest BCUT2D eigenvalue weighted by Gasteiger charge is 2.37. The monoisotopic (exact) mass is 158 g/mol. The van der Waals surface area contributed by atoms with Crippen molar-refractivity contribution in [1.82, 2.24) is 5.32 Å². The van der Waals surface area contributed by atoms with Crippen molar-refractivity contribution in [2.45, 2.75) is 6.04 Å². The summed E-state index contributed by atoms with van der Waals surface area (Å²) in [5.41, 5.74) is 5.39. The molecule has 62 valence electrons. The third-order valence-corrected chi connectivity index (χ3v) is 1.74. The van der Waals surface area contributed by atoms with Crippen molar-refractivity contribution >= 4 is 11.9 Å². The van der Waals surface area contributed by atoms with Crippen LogP contribution in [-0.2, 0) is 14.3 Å². The molecular weight excluding hydrogens is 148 g/mol. The summed E-state index contributed by atoms with van der Waals surface area (Å²) < 4.78 is 4.44. The van der Waals surface area contributed by atoms with Crippen molar-refractivity contribution in [3.63, 3.8) is 0 Å². The second-order valence-electron chi connectivity index (χ2n) is 2.40. The molecule has 1 rings (SSSR count). The fourth-order valence-electron chi connectivity index (χ4n) is 1.02. The van der Waals surface area contributed by atoms with Crippen molar-refractivity contribution in [2.75, 3.05) is 13.7 Å². The molecule has 0 aromatic rings. The van der Waals surface area contributed by atoms with Crippen LogP contribution in [0.2, 0.25) is 0 Å². The summed E-state index contributed by atoms with van der Waals surface area (Å²) in [6.45, 7) is 0.284. The minimum atomic E-state index is -0.748. The number of nitrogens with one attached hydrogen (secondary N) is 1. The number of rotatable bonds is 1. The van der Waals surface area contributed by atoms with Crippen LogP contribution in [0.15, 0.2) is 0 Å². The molecule has 1 saturated heterocycles. The number of methoxy groups -OCH3 is 1. The minimum Gasteiger partial charge on any atom is -0.469 e. The van der Waals surface area contributed by atoms with Gasteiger partial charge >= 0.3 is 5.97 Å². The summed E-state index contributed by atoms with van der Waals surface area (Å²) in [5.74, 6) is -1.25. The first-order valence-corrected chi connectivity index (χ1v) is 3.28. The Kier molecular flexibility index (Phi) is 2.09. The van der Waals surface area contributed by atoms with Crippen LogP contribution in [0.3, 0.4) is 0 Å². The molecule has 0 aromatic heterocycles. The molecule has 1 amide bonds. The van der Waals surface area contributed by atoms with Crippen molar-refractivity contribution in [1.29, 1.82) is 0 Å². The maximum absolute atomic E-state index is 10.9. The predicted octanol–water partition coefficient (Wildman–Crippen LogP) is -1.77. The van der Waals surface area contributed by atoms with Gasteiger partial charge in [-0.2, -0.15) is 0 Å². The SMILES string of the molecule is COC(=O)C1CNC(=O)C1N. The summed E-state index contributed by atoms with van der Waals surface area (Å²) in [4.78, 5) is 21.6. The first kappa shape index (κ1) is 8.00. The van der Waals surface area contributed by atoms with E-state index in [0.717, 1.165) is 0 Å². The Bertz CT molecular complexity index is 192. The van der Waals surface area contributed by atoms with Gasteiger partial charge in [-0.15, -0.1) is 0 Å². The van der Waals surface area contributed by atoms with E-state index >= 15 is 0 Å². The Morgan fingerprint density at radius 2 is 2.45 bits per heavy atom. The van der Waals surface area contributed by atoms with Gasteiger partial charge < -0.3 is 15.8 Å². The predicted molar refractivity (Wildman–Crippen MR) is 36.5 cm³/mol. The molecule has 1 heterocycles. The Morgan fingerprint density at radius 1 is 1.82 bits per heavy atom. The van der Waals surface area contributed by atoms with Crippen LogP contribution in [-0.4, -0.2) is 31.6 Å². The zero-order valence-corrected chi connectivity index (χ0v) is 6.16. The van der Waals surface area contributed by atoms with Crippen LogP contribution < -0.4 is 11.1 Å². The fraction of sp³-hybridized carbons (Fsp3) is 0.667. The zero-order valence-electron chi connectivity index (χ0n) is 6.16. The summed E-state index contributed by atoms with van der Waals surface area (Å²) in [6.07, 6.45) is 0. The molecule has 0 aromatic carbocycles. The van der Waals surface area contributed by atoms with Crippen LogP contribution in [0.25, 0.3) is 0 Å². The highest BCUT2D eigenvalue weighted by atomic mass is 16.5. The molecule has 5 nitrogen and oxygen atoms in total. The van der Waals surface area contributed by atoms with Crippen LogP contribution in [0.1, 0.15) is 0 Å². The first-order valence-electron chi connectivity index (χ1n) is 3.28. The van der Waals surface area contributed by atoms with E-state index in [-0.39, 0.29) is 12.5 Å². The Morgan fingerprint density at radius 3 is 2.82 bits per heavy atom. The second kappa shape index (κ2) is 2.87. The van der Waals surface area contributed by atoms with E-state index in [1.165, 1.54) is 7.11 Å². The number of carbonyl (C=O) groups excluding carboxylic acids is 2. The van der Waals surface area contributed by atoms with Crippen LogP contribution in [0.4, 0.5) is 0 Å². The van der Waals surface area contributed by atoms with Gasteiger partial charge in [0.05, 0.1) is 19.1 Å². The largest absolute Gasteiger partial charge is 0.469 e. The molecule has 1 aliphatic heterocycles. The first-order chi connectivity index (χ1) is 5.16. The van der Waals surface area contributed by atoms with E-state index in [1.54, 1.807) is 0 Å². The molecule has 3 N–H and O–H groups in total. The van der Waals surface area contributed by atoms with E-state index in [2.05, 4.69) is 10.1 Å². The van der Waals surface area contributed by atoms with Gasteiger partial charge in [0.25, 0.3) is 0 Å². The Balaban J connectivity index is 2.61. The van der Waals surface area contributed by atoms with Crippen LogP contribution in [0.5, 0.6) is 0 Å². The summed E-state index contributed by atoms with van der Waals surface area (Å²) >= 11 is 0. The zero-order chi connectivity index (χ0) is 8.43. The van der Waals surface area contributed by atoms with Gasteiger partial charge in [0.2, 0.25) is 5.91 Å². The molecule has 2 atom stereocenters. The Labute approximate surface area is 63.9 Å². The van der Waals surface area contributed by atoms with Gasteiger partial charge in [0, 0.05) is 6.54 Å². The fourth-order valence-corrected chi connectivity index (χ4v) is 1.02. The summed E-state index contributed by atoms with van der Waals surface area (Å²) in [6, 6.07) is -0.748. The standard InChI is InChI=1S/C6H10N2O3/c1-11-6(10)3-2-8-5(9)4(3)7/h3-4H,2,7H2,1H3,(H,8,9). The number of nitrogens with two attached hydrogens (primary N) is 1. The maximum Gasteiger partial charge on any atom is 0.312 e. The van der Waals surface area contributed by atoms with Gasteiger partial charge in [0.1, 0.15) is 0 Å². The van der Waals surface area contributed by atoms with E-state index in [4.69, 9.17) is 5.73 Å². The third-order valence-electron chi connectivity index (χ3n) is 1.74. The number of ether oxygens (including phenoxy) is 1. The van der Waals surface area contributed by atoms with Gasteiger partial charge in [-0.1, -0.05) is 0 Å². The minimum absolute atomic E-state index is 0.284. The molecule has 1 aliphatic rings. The number of hydrogen-bond donors (Lipinski definition) is 2. The maximum atomic E-state index is 10.9. The van der Waals surface area contributed by atoms with Crippen molar-refractivity contribution < 1.29 is 14.3 Å². The van der Waals surface area contributed by atoms with Gasteiger partial charge in [-0.05, 0) is 0 Å². The van der Waals surface area contributed by atoms with E-state index < -0.39 is 17.9 Å². The lowest BCUT2D eigenvalue weighted by Gasteiger charge is -2.08. The molecule has 11 heavy (non-hydrogen) atoms. The van der Waals surface area contributed by atoms with Crippen LogP contribution >= 0.6 is 0 Å². The van der Waals surface area contributed by atoms with Crippen molar-refractivity contribution in [3.05, 3.63) is 0 Å². The van der Waals surface area contributed by atoms with Gasteiger partial charge in [-0.25, -0.2) is 0 Å². The molecule has 0 radical (unpaired) electrons. The number of hydrogen-bond acceptors (Lipinski definition) is 4.